The van der Waals surface area contributed by atoms with E-state index in [4.69, 9.17) is 5.73 Å². The van der Waals surface area contributed by atoms with Crippen LogP contribution >= 0.6 is 12.4 Å². The van der Waals surface area contributed by atoms with Crippen molar-refractivity contribution >= 4 is 24.0 Å². The number of nitrogens with one attached hydrogen (secondary N) is 1. The highest BCUT2D eigenvalue weighted by Crippen LogP contribution is 2.03. The van der Waals surface area contributed by atoms with Crippen LogP contribution in [0.3, 0.4) is 0 Å². The summed E-state index contributed by atoms with van der Waals surface area (Å²) in [6.45, 7) is 1.84. The predicted molar refractivity (Wildman–Crippen MR) is 65.8 cm³/mol. The van der Waals surface area contributed by atoms with E-state index >= 15 is 0 Å². The molecule has 1 rings (SSSR count). The molecule has 1 atom stereocenters. The molecule has 0 aliphatic heterocycles. The minimum absolute atomic E-state index is 0. The SMILES string of the molecule is CC[C@H](N)C(=O)Nc1ccc(=O)n(C)c1.Cl. The Kier molecular flexibility index (Phi) is 5.77. The number of carbonyl (C=O) groups is 1. The van der Waals surface area contributed by atoms with E-state index in [9.17, 15) is 9.59 Å². The average Bonchev–Trinajstić information content (AvgIpc) is 2.22. The average molecular weight is 246 g/mol. The molecule has 0 radical (unpaired) electrons. The minimum Gasteiger partial charge on any atom is -0.323 e. The lowest BCUT2D eigenvalue weighted by Gasteiger charge is -2.10. The molecule has 0 saturated heterocycles. The molecule has 90 valence electrons. The first-order valence-corrected chi connectivity index (χ1v) is 4.77. The topological polar surface area (TPSA) is 77.1 Å². The zero-order chi connectivity index (χ0) is 11.4. The largest absolute Gasteiger partial charge is 0.323 e. The summed E-state index contributed by atoms with van der Waals surface area (Å²) in [6, 6.07) is 2.44. The van der Waals surface area contributed by atoms with E-state index in [1.54, 1.807) is 19.3 Å². The van der Waals surface area contributed by atoms with Gasteiger partial charge in [0.15, 0.2) is 0 Å². The summed E-state index contributed by atoms with van der Waals surface area (Å²) in [5, 5.41) is 2.64. The number of pyridine rings is 1. The molecule has 3 N–H and O–H groups in total. The van der Waals surface area contributed by atoms with E-state index in [0.29, 0.717) is 12.1 Å². The van der Waals surface area contributed by atoms with Gasteiger partial charge in [0, 0.05) is 19.3 Å². The van der Waals surface area contributed by atoms with E-state index in [2.05, 4.69) is 5.32 Å². The van der Waals surface area contributed by atoms with Gasteiger partial charge in [0.1, 0.15) is 0 Å². The van der Waals surface area contributed by atoms with E-state index in [1.165, 1.54) is 10.6 Å². The molecule has 0 aromatic carbocycles. The molecule has 1 aromatic rings. The van der Waals surface area contributed by atoms with Gasteiger partial charge in [-0.2, -0.15) is 0 Å². The lowest BCUT2D eigenvalue weighted by Crippen LogP contribution is -2.35. The molecule has 0 spiro atoms. The van der Waals surface area contributed by atoms with Crippen molar-refractivity contribution < 1.29 is 4.79 Å². The fourth-order valence-electron chi connectivity index (χ4n) is 1.09. The summed E-state index contributed by atoms with van der Waals surface area (Å²) in [4.78, 5) is 22.5. The van der Waals surface area contributed by atoms with Crippen LogP contribution in [-0.4, -0.2) is 16.5 Å². The number of hydrogen-bond donors (Lipinski definition) is 2. The van der Waals surface area contributed by atoms with Gasteiger partial charge < -0.3 is 15.6 Å². The van der Waals surface area contributed by atoms with Crippen molar-refractivity contribution in [2.75, 3.05) is 5.32 Å². The van der Waals surface area contributed by atoms with Crippen molar-refractivity contribution in [3.05, 3.63) is 28.7 Å². The highest BCUT2D eigenvalue weighted by Gasteiger charge is 2.10. The summed E-state index contributed by atoms with van der Waals surface area (Å²) < 4.78 is 1.40. The number of anilines is 1. The number of nitrogens with zero attached hydrogens (tertiary/aromatic N) is 1. The second-order valence-corrected chi connectivity index (χ2v) is 3.37. The van der Waals surface area contributed by atoms with Crippen molar-refractivity contribution in [2.24, 2.45) is 12.8 Å². The molecule has 1 amide bonds. The van der Waals surface area contributed by atoms with Crippen LogP contribution < -0.4 is 16.6 Å². The Labute approximate surface area is 100 Å². The van der Waals surface area contributed by atoms with Crippen LogP contribution in [0.5, 0.6) is 0 Å². The summed E-state index contributed by atoms with van der Waals surface area (Å²) in [5.41, 5.74) is 6.01. The maximum Gasteiger partial charge on any atom is 0.250 e. The number of aromatic nitrogens is 1. The van der Waals surface area contributed by atoms with Crippen LogP contribution in [0.2, 0.25) is 0 Å². The van der Waals surface area contributed by atoms with Crippen molar-refractivity contribution in [3.63, 3.8) is 0 Å². The molecule has 1 aromatic heterocycles. The monoisotopic (exact) mass is 245 g/mol. The summed E-state index contributed by atoms with van der Waals surface area (Å²) in [7, 11) is 1.62. The third kappa shape index (κ3) is 3.67. The Morgan fingerprint density at radius 2 is 2.19 bits per heavy atom. The number of nitrogens with two attached hydrogens (primary N) is 1. The van der Waals surface area contributed by atoms with Crippen molar-refractivity contribution in [2.45, 2.75) is 19.4 Å². The van der Waals surface area contributed by atoms with Crippen molar-refractivity contribution in [1.29, 1.82) is 0 Å². The Hall–Kier alpha value is -1.33. The van der Waals surface area contributed by atoms with Gasteiger partial charge in [0.25, 0.3) is 0 Å². The van der Waals surface area contributed by atoms with Gasteiger partial charge in [-0.15, -0.1) is 12.4 Å². The molecule has 6 heteroatoms. The number of amides is 1. The Bertz CT molecular complexity index is 417. The second-order valence-electron chi connectivity index (χ2n) is 3.37. The maximum atomic E-state index is 11.4. The molecule has 0 saturated carbocycles. The van der Waals surface area contributed by atoms with Gasteiger partial charge in [0.2, 0.25) is 11.5 Å². The summed E-state index contributed by atoms with van der Waals surface area (Å²) >= 11 is 0. The van der Waals surface area contributed by atoms with Crippen LogP contribution in [0.15, 0.2) is 23.1 Å². The standard InChI is InChI=1S/C10H15N3O2.ClH/c1-3-8(11)10(15)12-7-4-5-9(14)13(2)6-7;/h4-6,8H,3,11H2,1-2H3,(H,12,15);1H/t8-;/m0./s1. The Morgan fingerprint density at radius 3 is 2.69 bits per heavy atom. The number of carbonyl (C=O) groups excluding carboxylic acids is 1. The first-order chi connectivity index (χ1) is 7.04. The lowest BCUT2D eigenvalue weighted by molar-refractivity contribution is -0.117. The van der Waals surface area contributed by atoms with E-state index in [-0.39, 0.29) is 23.9 Å². The Morgan fingerprint density at radius 1 is 1.56 bits per heavy atom. The summed E-state index contributed by atoms with van der Waals surface area (Å²) in [6.07, 6.45) is 2.14. The van der Waals surface area contributed by atoms with E-state index < -0.39 is 6.04 Å². The molecule has 0 aliphatic carbocycles. The molecule has 5 nitrogen and oxygen atoms in total. The molecule has 16 heavy (non-hydrogen) atoms. The molecular weight excluding hydrogens is 230 g/mol. The minimum atomic E-state index is -0.512. The molecule has 0 fully saturated rings. The van der Waals surface area contributed by atoms with Crippen LogP contribution in [0.1, 0.15) is 13.3 Å². The first kappa shape index (κ1) is 14.7. The molecule has 0 aliphatic rings. The van der Waals surface area contributed by atoms with Crippen molar-refractivity contribution in [3.8, 4) is 0 Å². The highest BCUT2D eigenvalue weighted by molar-refractivity contribution is 5.94. The van der Waals surface area contributed by atoms with Gasteiger partial charge in [-0.3, -0.25) is 9.59 Å². The van der Waals surface area contributed by atoms with Crippen LogP contribution in [0.25, 0.3) is 0 Å². The van der Waals surface area contributed by atoms with Crippen molar-refractivity contribution in [1.82, 2.24) is 4.57 Å². The third-order valence-corrected chi connectivity index (χ3v) is 2.13. The smallest absolute Gasteiger partial charge is 0.250 e. The lowest BCUT2D eigenvalue weighted by atomic mass is 10.2. The van der Waals surface area contributed by atoms with Gasteiger partial charge in [-0.05, 0) is 12.5 Å². The number of aryl methyl sites for hydroxylation is 1. The second kappa shape index (κ2) is 6.30. The van der Waals surface area contributed by atoms with Gasteiger partial charge >= 0.3 is 0 Å². The fraction of sp³-hybridized carbons (Fsp3) is 0.400. The van der Waals surface area contributed by atoms with Crippen LogP contribution in [0, 0.1) is 0 Å². The molecule has 0 unspecified atom stereocenters. The zero-order valence-corrected chi connectivity index (χ0v) is 10.1. The highest BCUT2D eigenvalue weighted by atomic mass is 35.5. The predicted octanol–water partition coefficient (Wildman–Crippen LogP) is 0.483. The van der Waals surface area contributed by atoms with Gasteiger partial charge in [-0.1, -0.05) is 6.92 Å². The van der Waals surface area contributed by atoms with Crippen LogP contribution in [0.4, 0.5) is 5.69 Å². The quantitative estimate of drug-likeness (QED) is 0.813. The van der Waals surface area contributed by atoms with E-state index in [1.807, 2.05) is 6.92 Å². The third-order valence-electron chi connectivity index (χ3n) is 2.13. The van der Waals surface area contributed by atoms with E-state index in [0.717, 1.165) is 0 Å². The number of hydrogen-bond acceptors (Lipinski definition) is 3. The maximum absolute atomic E-state index is 11.4. The fourth-order valence-corrected chi connectivity index (χ4v) is 1.09. The normalized spacial score (nSPS) is 11.4. The van der Waals surface area contributed by atoms with Crippen LogP contribution in [-0.2, 0) is 11.8 Å². The van der Waals surface area contributed by atoms with Gasteiger partial charge in [-0.25, -0.2) is 0 Å². The summed E-state index contributed by atoms with van der Waals surface area (Å²) in [5.74, 6) is -0.240. The molecule has 1 heterocycles. The number of halogens is 1. The first-order valence-electron chi connectivity index (χ1n) is 4.77. The van der Waals surface area contributed by atoms with Gasteiger partial charge in [0.05, 0.1) is 11.7 Å². The molecular formula is C10H16ClN3O2. The Balaban J connectivity index is 0.00000225. The molecule has 0 bridgehead atoms. The number of rotatable bonds is 3. The zero-order valence-electron chi connectivity index (χ0n) is 9.27.